The molecule has 1 aliphatic rings. The van der Waals surface area contributed by atoms with Crippen molar-refractivity contribution in [1.82, 2.24) is 15.2 Å². The van der Waals surface area contributed by atoms with Crippen LogP contribution in [0.15, 0.2) is 42.5 Å². The number of anilines is 1. The largest absolute Gasteiger partial charge is 0.329 e. The van der Waals surface area contributed by atoms with Gasteiger partial charge in [0.2, 0.25) is 11.8 Å². The Balaban J connectivity index is 1.33. The predicted molar refractivity (Wildman–Crippen MR) is 113 cm³/mol. The van der Waals surface area contributed by atoms with E-state index >= 15 is 0 Å². The number of amides is 4. The lowest BCUT2D eigenvalue weighted by molar-refractivity contribution is -0.125. The molecule has 29 heavy (non-hydrogen) atoms. The number of aryl methyl sites for hydroxylation is 1. The van der Waals surface area contributed by atoms with Gasteiger partial charge in [0.25, 0.3) is 0 Å². The van der Waals surface area contributed by atoms with Crippen LogP contribution in [0.5, 0.6) is 0 Å². The fourth-order valence-electron chi connectivity index (χ4n) is 3.15. The highest BCUT2D eigenvalue weighted by Crippen LogP contribution is 2.31. The fourth-order valence-corrected chi connectivity index (χ4v) is 4.22. The number of nitrogens with one attached hydrogen (secondary N) is 2. The van der Waals surface area contributed by atoms with E-state index in [0.717, 1.165) is 25.7 Å². The van der Waals surface area contributed by atoms with Gasteiger partial charge >= 0.3 is 6.03 Å². The molecule has 7 nitrogen and oxygen atoms in total. The molecule has 0 saturated carbocycles. The lowest BCUT2D eigenvalue weighted by Gasteiger charge is -2.11. The Labute approximate surface area is 171 Å². The minimum atomic E-state index is -0.393. The first-order chi connectivity index (χ1) is 14.0. The lowest BCUT2D eigenvalue weighted by Crippen LogP contribution is -2.32. The summed E-state index contributed by atoms with van der Waals surface area (Å²) in [6.07, 6.45) is 0.657. The average molecular weight is 408 g/mol. The molecule has 1 aromatic heterocycles. The monoisotopic (exact) mass is 408 g/mol. The first-order valence-electron chi connectivity index (χ1n) is 9.35. The van der Waals surface area contributed by atoms with Gasteiger partial charge in [-0.25, -0.2) is 9.78 Å². The summed E-state index contributed by atoms with van der Waals surface area (Å²) in [5.74, 6) is -0.406. The van der Waals surface area contributed by atoms with Crippen molar-refractivity contribution in [3.05, 3.63) is 48.0 Å². The Kier molecular flexibility index (Phi) is 5.26. The Morgan fingerprint density at radius 1 is 1.21 bits per heavy atom. The Hall–Kier alpha value is -3.26. The summed E-state index contributed by atoms with van der Waals surface area (Å²) in [6.45, 7) is 2.34. The predicted octanol–water partition coefficient (Wildman–Crippen LogP) is 3.54. The van der Waals surface area contributed by atoms with Crippen molar-refractivity contribution < 1.29 is 14.4 Å². The molecular weight excluding hydrogens is 388 g/mol. The van der Waals surface area contributed by atoms with Gasteiger partial charge in [0.1, 0.15) is 5.01 Å². The van der Waals surface area contributed by atoms with E-state index in [4.69, 9.17) is 0 Å². The highest BCUT2D eigenvalue weighted by molar-refractivity contribution is 7.21. The van der Waals surface area contributed by atoms with Crippen LogP contribution in [0.4, 0.5) is 10.5 Å². The minimum absolute atomic E-state index is 0.0334. The highest BCUT2D eigenvalue weighted by atomic mass is 32.1. The first-order valence-corrected chi connectivity index (χ1v) is 10.2. The maximum absolute atomic E-state index is 12.1. The summed E-state index contributed by atoms with van der Waals surface area (Å²) in [7, 11) is 0. The zero-order valence-corrected chi connectivity index (χ0v) is 16.7. The summed E-state index contributed by atoms with van der Waals surface area (Å²) in [6, 6.07) is 13.4. The molecule has 0 bridgehead atoms. The van der Waals surface area contributed by atoms with Crippen molar-refractivity contribution in [1.29, 1.82) is 0 Å². The molecule has 148 valence electrons. The summed E-state index contributed by atoms with van der Waals surface area (Å²) in [5, 5.41) is 6.24. The normalized spacial score (nSPS) is 13.8. The van der Waals surface area contributed by atoms with Gasteiger partial charge < -0.3 is 10.6 Å². The zero-order valence-electron chi connectivity index (χ0n) is 15.9. The summed E-state index contributed by atoms with van der Waals surface area (Å²) in [5.41, 5.74) is 3.89. The third-order valence-corrected chi connectivity index (χ3v) is 5.75. The van der Waals surface area contributed by atoms with E-state index in [0.29, 0.717) is 12.1 Å². The van der Waals surface area contributed by atoms with Gasteiger partial charge in [-0.1, -0.05) is 6.07 Å². The second-order valence-electron chi connectivity index (χ2n) is 6.92. The van der Waals surface area contributed by atoms with E-state index in [9.17, 15) is 14.4 Å². The molecule has 1 aliphatic heterocycles. The van der Waals surface area contributed by atoms with Gasteiger partial charge in [0.15, 0.2) is 0 Å². The third-order valence-electron chi connectivity index (χ3n) is 4.68. The van der Waals surface area contributed by atoms with Crippen LogP contribution in [0, 0.1) is 6.92 Å². The van der Waals surface area contributed by atoms with Gasteiger partial charge in [-0.15, -0.1) is 11.3 Å². The second kappa shape index (κ2) is 8.00. The van der Waals surface area contributed by atoms with Crippen LogP contribution in [-0.2, 0) is 9.59 Å². The lowest BCUT2D eigenvalue weighted by atomic mass is 10.2. The molecule has 1 saturated heterocycles. The number of carbonyl (C=O) groups is 3. The Bertz CT molecular complexity index is 1080. The van der Waals surface area contributed by atoms with Crippen molar-refractivity contribution in [3.63, 3.8) is 0 Å². The Morgan fingerprint density at radius 2 is 2.00 bits per heavy atom. The molecular formula is C21H20N4O3S. The Morgan fingerprint density at radius 3 is 2.72 bits per heavy atom. The van der Waals surface area contributed by atoms with Gasteiger partial charge in [-0.05, 0) is 55.3 Å². The third kappa shape index (κ3) is 4.27. The van der Waals surface area contributed by atoms with Crippen LogP contribution in [0.25, 0.3) is 20.8 Å². The number of thiazole rings is 1. The van der Waals surface area contributed by atoms with E-state index in [1.165, 1.54) is 5.56 Å². The number of imide groups is 1. The molecule has 8 heteroatoms. The maximum atomic E-state index is 12.1. The molecule has 0 aliphatic carbocycles. The van der Waals surface area contributed by atoms with Crippen molar-refractivity contribution in [2.75, 3.05) is 18.4 Å². The SMILES string of the molecule is Cc1ccc2nc(-c3ccc(NC(=O)CCCN4C(=O)CNC4=O)cc3)sc2c1. The second-order valence-corrected chi connectivity index (χ2v) is 7.95. The molecule has 2 aromatic carbocycles. The standard InChI is InChI=1S/C21H20N4O3S/c1-13-4-9-16-17(11-13)29-20(24-16)14-5-7-15(8-6-14)23-18(26)3-2-10-25-19(27)12-22-21(25)28/h4-9,11H,2-3,10,12H2,1H3,(H,22,28)(H,23,26). The van der Waals surface area contributed by atoms with E-state index in [1.54, 1.807) is 11.3 Å². The topological polar surface area (TPSA) is 91.4 Å². The summed E-state index contributed by atoms with van der Waals surface area (Å²) in [4.78, 5) is 40.9. The van der Waals surface area contributed by atoms with Gasteiger partial charge in [0, 0.05) is 24.2 Å². The number of fused-ring (bicyclic) bond motifs is 1. The number of benzene rings is 2. The number of carbonyl (C=O) groups excluding carboxylic acids is 3. The number of aromatic nitrogens is 1. The van der Waals surface area contributed by atoms with E-state index in [2.05, 4.69) is 34.7 Å². The van der Waals surface area contributed by atoms with E-state index in [1.807, 2.05) is 30.3 Å². The smallest absolute Gasteiger partial charge is 0.324 e. The van der Waals surface area contributed by atoms with Crippen LogP contribution in [0.2, 0.25) is 0 Å². The molecule has 2 heterocycles. The van der Waals surface area contributed by atoms with Crippen molar-refractivity contribution >= 4 is 45.1 Å². The maximum Gasteiger partial charge on any atom is 0.324 e. The first kappa shape index (κ1) is 19.1. The van der Waals surface area contributed by atoms with Crippen LogP contribution in [-0.4, -0.2) is 40.8 Å². The molecule has 4 amide bonds. The van der Waals surface area contributed by atoms with Gasteiger partial charge in [-0.3, -0.25) is 14.5 Å². The molecule has 4 rings (SSSR count). The average Bonchev–Trinajstić information content (AvgIpc) is 3.26. The van der Waals surface area contributed by atoms with Crippen LogP contribution >= 0.6 is 11.3 Å². The number of hydrogen-bond donors (Lipinski definition) is 2. The quantitative estimate of drug-likeness (QED) is 0.610. The minimum Gasteiger partial charge on any atom is -0.329 e. The van der Waals surface area contributed by atoms with Crippen molar-refractivity contribution in [2.24, 2.45) is 0 Å². The highest BCUT2D eigenvalue weighted by Gasteiger charge is 2.27. The molecule has 0 radical (unpaired) electrons. The molecule has 0 spiro atoms. The van der Waals surface area contributed by atoms with Crippen LogP contribution < -0.4 is 10.6 Å². The van der Waals surface area contributed by atoms with Crippen molar-refractivity contribution in [3.8, 4) is 10.6 Å². The zero-order chi connectivity index (χ0) is 20.4. The number of hydrogen-bond acceptors (Lipinski definition) is 5. The van der Waals surface area contributed by atoms with Crippen LogP contribution in [0.3, 0.4) is 0 Å². The van der Waals surface area contributed by atoms with Crippen molar-refractivity contribution in [2.45, 2.75) is 19.8 Å². The fraction of sp³-hybridized carbons (Fsp3) is 0.238. The summed E-state index contributed by atoms with van der Waals surface area (Å²) < 4.78 is 1.16. The number of nitrogens with zero attached hydrogens (tertiary/aromatic N) is 2. The van der Waals surface area contributed by atoms with Crippen LogP contribution in [0.1, 0.15) is 18.4 Å². The number of rotatable bonds is 6. The van der Waals surface area contributed by atoms with E-state index < -0.39 is 6.03 Å². The summed E-state index contributed by atoms with van der Waals surface area (Å²) >= 11 is 1.64. The molecule has 1 fully saturated rings. The number of urea groups is 1. The van der Waals surface area contributed by atoms with Gasteiger partial charge in [-0.2, -0.15) is 0 Å². The molecule has 0 unspecified atom stereocenters. The molecule has 0 atom stereocenters. The molecule has 3 aromatic rings. The van der Waals surface area contributed by atoms with E-state index in [-0.39, 0.29) is 31.3 Å². The molecule has 2 N–H and O–H groups in total. The van der Waals surface area contributed by atoms with Gasteiger partial charge in [0.05, 0.1) is 16.8 Å².